The van der Waals surface area contributed by atoms with Gasteiger partial charge in [0.2, 0.25) is 26.0 Å². The van der Waals surface area contributed by atoms with Gasteiger partial charge in [0.25, 0.3) is 0 Å². The second-order valence-electron chi connectivity index (χ2n) is 8.13. The first-order valence-electron chi connectivity index (χ1n) is 10.7. The highest BCUT2D eigenvalue weighted by Crippen LogP contribution is 2.27. The number of aryl methyl sites for hydroxylation is 1. The number of nitrogens with zero attached hydrogens (tertiary/aromatic N) is 2. The van der Waals surface area contributed by atoms with Crippen LogP contribution in [0.25, 0.3) is 0 Å². The van der Waals surface area contributed by atoms with Gasteiger partial charge in [-0.2, -0.15) is 4.98 Å². The van der Waals surface area contributed by atoms with Crippen LogP contribution in [-0.4, -0.2) is 38.6 Å². The first kappa shape index (κ1) is 24.1. The van der Waals surface area contributed by atoms with Gasteiger partial charge in [0.1, 0.15) is 5.82 Å². The van der Waals surface area contributed by atoms with E-state index in [4.69, 9.17) is 5.14 Å². The van der Waals surface area contributed by atoms with Crippen LogP contribution in [0.5, 0.6) is 0 Å². The number of benzene rings is 2. The van der Waals surface area contributed by atoms with E-state index in [2.05, 4.69) is 25.3 Å². The van der Waals surface area contributed by atoms with Gasteiger partial charge in [0.05, 0.1) is 10.1 Å². The van der Waals surface area contributed by atoms with Crippen molar-refractivity contribution >= 4 is 43.2 Å². The maximum Gasteiger partial charge on any atom is 0.238 e. The number of hydrogen-bond acceptors (Lipinski definition) is 8. The Morgan fingerprint density at radius 3 is 2.41 bits per heavy atom. The highest BCUT2D eigenvalue weighted by atomic mass is 32.2. The smallest absolute Gasteiger partial charge is 0.238 e. The number of nitrogens with two attached hydrogens (primary N) is 1. The van der Waals surface area contributed by atoms with Crippen LogP contribution in [0.4, 0.5) is 23.1 Å². The Labute approximate surface area is 199 Å². The van der Waals surface area contributed by atoms with Crippen LogP contribution in [0, 0.1) is 6.92 Å². The zero-order valence-corrected chi connectivity index (χ0v) is 20.2. The van der Waals surface area contributed by atoms with Gasteiger partial charge in [-0.25, -0.2) is 31.7 Å². The Kier molecular flexibility index (Phi) is 6.84. The van der Waals surface area contributed by atoms with Crippen molar-refractivity contribution in [3.05, 3.63) is 65.9 Å². The van der Waals surface area contributed by atoms with E-state index >= 15 is 0 Å². The van der Waals surface area contributed by atoms with E-state index in [1.54, 1.807) is 18.3 Å². The molecule has 1 aliphatic carbocycles. The molecule has 4 rings (SSSR count). The van der Waals surface area contributed by atoms with Crippen LogP contribution in [0.3, 0.4) is 0 Å². The molecule has 0 saturated heterocycles. The summed E-state index contributed by atoms with van der Waals surface area (Å²) in [7, 11) is -6.98. The summed E-state index contributed by atoms with van der Waals surface area (Å²) in [5, 5.41) is 11.2. The molecule has 10 nitrogen and oxygen atoms in total. The van der Waals surface area contributed by atoms with Crippen molar-refractivity contribution in [3.8, 4) is 0 Å². The van der Waals surface area contributed by atoms with E-state index in [1.165, 1.54) is 12.1 Å². The lowest BCUT2D eigenvalue weighted by Crippen LogP contribution is -2.29. The van der Waals surface area contributed by atoms with Crippen molar-refractivity contribution in [2.45, 2.75) is 36.3 Å². The van der Waals surface area contributed by atoms with Crippen LogP contribution >= 0.6 is 0 Å². The molecule has 1 aromatic heterocycles. The normalized spacial score (nSPS) is 14.1. The number of hydrogen-bond donors (Lipinski definition) is 4. The van der Waals surface area contributed by atoms with Gasteiger partial charge >= 0.3 is 0 Å². The Morgan fingerprint density at radius 2 is 1.74 bits per heavy atom. The Balaban J connectivity index is 1.39. The highest BCUT2D eigenvalue weighted by Gasteiger charge is 2.35. The van der Waals surface area contributed by atoms with Crippen LogP contribution < -0.4 is 20.5 Å². The van der Waals surface area contributed by atoms with E-state index in [1.807, 2.05) is 31.2 Å². The van der Waals surface area contributed by atoms with Crippen molar-refractivity contribution < 1.29 is 16.8 Å². The largest absolute Gasteiger partial charge is 0.340 e. The van der Waals surface area contributed by atoms with E-state index in [0.29, 0.717) is 30.4 Å². The van der Waals surface area contributed by atoms with Crippen molar-refractivity contribution in [1.29, 1.82) is 0 Å². The van der Waals surface area contributed by atoms with Gasteiger partial charge in [-0.3, -0.25) is 0 Å². The molecule has 0 atom stereocenters. The molecule has 34 heavy (non-hydrogen) atoms. The van der Waals surface area contributed by atoms with Crippen LogP contribution in [0.1, 0.15) is 24.0 Å². The molecule has 0 aliphatic heterocycles. The fourth-order valence-corrected chi connectivity index (χ4v) is 5.17. The van der Waals surface area contributed by atoms with Crippen molar-refractivity contribution in [2.75, 3.05) is 17.2 Å². The molecule has 0 amide bonds. The Morgan fingerprint density at radius 1 is 1.00 bits per heavy atom. The molecule has 5 N–H and O–H groups in total. The lowest BCUT2D eigenvalue weighted by molar-refractivity contribution is 0.580. The Hall–Kier alpha value is -3.06. The second-order valence-corrected chi connectivity index (χ2v) is 11.7. The zero-order chi connectivity index (χ0) is 24.3. The molecule has 0 bridgehead atoms. The maximum atomic E-state index is 11.9. The topological polar surface area (TPSA) is 156 Å². The summed E-state index contributed by atoms with van der Waals surface area (Å²) in [5.41, 5.74) is 3.14. The highest BCUT2D eigenvalue weighted by molar-refractivity contribution is 7.90. The molecule has 1 saturated carbocycles. The number of anilines is 4. The van der Waals surface area contributed by atoms with Crippen molar-refractivity contribution in [3.63, 3.8) is 0 Å². The van der Waals surface area contributed by atoms with Crippen molar-refractivity contribution in [1.82, 2.24) is 14.7 Å². The standard InChI is InChI=1S/C22H26N6O4S2/c1-15-14-24-22(27-18-3-2-4-20(13-18)33(23,29)30)28-21(15)26-17-7-5-16(6-8-17)11-12-25-34(31,32)19-9-10-19/h2-8,13-14,19,25H,9-12H2,1H3,(H2,23,29,30)(H2,24,26,27,28). The van der Waals surface area contributed by atoms with Gasteiger partial charge in [-0.1, -0.05) is 18.2 Å². The third kappa shape index (κ3) is 6.29. The van der Waals surface area contributed by atoms with E-state index in [0.717, 1.165) is 29.7 Å². The summed E-state index contributed by atoms with van der Waals surface area (Å²) in [6.07, 6.45) is 3.75. The predicted molar refractivity (Wildman–Crippen MR) is 131 cm³/mol. The summed E-state index contributed by atoms with van der Waals surface area (Å²) in [5.74, 6) is 0.879. The SMILES string of the molecule is Cc1cnc(Nc2cccc(S(N)(=O)=O)c2)nc1Nc1ccc(CCNS(=O)(=O)C2CC2)cc1. The summed E-state index contributed by atoms with van der Waals surface area (Å²) < 4.78 is 49.6. The molecule has 0 unspecified atom stereocenters. The molecule has 12 heteroatoms. The molecular weight excluding hydrogens is 476 g/mol. The number of rotatable bonds is 10. The molecule has 0 radical (unpaired) electrons. The van der Waals surface area contributed by atoms with Gasteiger partial charge in [0, 0.05) is 29.7 Å². The number of primary sulfonamides is 1. The van der Waals surface area contributed by atoms with Crippen LogP contribution in [-0.2, 0) is 26.5 Å². The summed E-state index contributed by atoms with van der Waals surface area (Å²) >= 11 is 0. The fraction of sp³-hybridized carbons (Fsp3) is 0.273. The minimum Gasteiger partial charge on any atom is -0.340 e. The molecule has 3 aromatic rings. The third-order valence-corrected chi connectivity index (χ3v) is 8.15. The second kappa shape index (κ2) is 9.66. The van der Waals surface area contributed by atoms with E-state index < -0.39 is 20.0 Å². The lowest BCUT2D eigenvalue weighted by Gasteiger charge is -2.12. The minimum atomic E-state index is -3.82. The quantitative estimate of drug-likeness (QED) is 0.329. The van der Waals surface area contributed by atoms with E-state index in [-0.39, 0.29) is 10.1 Å². The van der Waals surface area contributed by atoms with Crippen molar-refractivity contribution in [2.24, 2.45) is 5.14 Å². The third-order valence-electron chi connectivity index (χ3n) is 5.29. The predicted octanol–water partition coefficient (Wildman–Crippen LogP) is 2.54. The maximum absolute atomic E-state index is 11.9. The van der Waals surface area contributed by atoms with Gasteiger partial charge < -0.3 is 10.6 Å². The molecule has 2 aromatic carbocycles. The Bertz CT molecular complexity index is 1390. The summed E-state index contributed by atoms with van der Waals surface area (Å²) in [6.45, 7) is 2.24. The average molecular weight is 503 g/mol. The minimum absolute atomic E-state index is 0.0108. The summed E-state index contributed by atoms with van der Waals surface area (Å²) in [6, 6.07) is 13.8. The van der Waals surface area contributed by atoms with Gasteiger partial charge in [-0.15, -0.1) is 0 Å². The molecule has 0 spiro atoms. The molecule has 1 aliphatic rings. The van der Waals surface area contributed by atoms with E-state index in [9.17, 15) is 16.8 Å². The number of sulfonamides is 2. The average Bonchev–Trinajstić information content (AvgIpc) is 3.63. The number of nitrogens with one attached hydrogen (secondary N) is 3. The molecule has 1 heterocycles. The fourth-order valence-electron chi connectivity index (χ4n) is 3.23. The lowest BCUT2D eigenvalue weighted by atomic mass is 10.1. The molecule has 1 fully saturated rings. The van der Waals surface area contributed by atoms with Gasteiger partial charge in [-0.05, 0) is 62.1 Å². The first-order valence-corrected chi connectivity index (χ1v) is 13.8. The van der Waals surface area contributed by atoms with Crippen LogP contribution in [0.15, 0.2) is 59.6 Å². The first-order chi connectivity index (χ1) is 16.1. The summed E-state index contributed by atoms with van der Waals surface area (Å²) in [4.78, 5) is 8.73. The van der Waals surface area contributed by atoms with Gasteiger partial charge in [0.15, 0.2) is 0 Å². The van der Waals surface area contributed by atoms with Crippen LogP contribution in [0.2, 0.25) is 0 Å². The molecule has 180 valence electrons. The zero-order valence-electron chi connectivity index (χ0n) is 18.5. The monoisotopic (exact) mass is 502 g/mol. The number of aromatic nitrogens is 2. The molecular formula is C22H26N6O4S2.